The van der Waals surface area contributed by atoms with Crippen molar-refractivity contribution in [1.29, 1.82) is 0 Å². The molecule has 1 unspecified atom stereocenters. The van der Waals surface area contributed by atoms with E-state index in [1.165, 1.54) is 5.56 Å². The van der Waals surface area contributed by atoms with Crippen molar-refractivity contribution >= 4 is 0 Å². The maximum absolute atomic E-state index is 5.27. The topological polar surface area (TPSA) is 21.8 Å². The summed E-state index contributed by atoms with van der Waals surface area (Å²) in [4.78, 5) is 0. The fourth-order valence-electron chi connectivity index (χ4n) is 1.19. The first-order chi connectivity index (χ1) is 6.95. The predicted molar refractivity (Wildman–Crippen MR) is 55.0 cm³/mol. The van der Waals surface area contributed by atoms with Gasteiger partial charge in [-0.2, -0.15) is 0 Å². The molecule has 0 amide bonds. The third kappa shape index (κ3) is 3.23. The summed E-state index contributed by atoms with van der Waals surface area (Å²) in [5.74, 6) is 0. The molecule has 14 heavy (non-hydrogen) atoms. The first-order valence-electron chi connectivity index (χ1n) is 4.87. The molecule has 74 valence electrons. The highest BCUT2D eigenvalue weighted by molar-refractivity contribution is 5.17. The number of hydrogen-bond acceptors (Lipinski definition) is 2. The van der Waals surface area contributed by atoms with E-state index in [9.17, 15) is 0 Å². The van der Waals surface area contributed by atoms with Crippen molar-refractivity contribution < 1.29 is 9.47 Å². The van der Waals surface area contributed by atoms with Crippen LogP contribution in [0.4, 0.5) is 0 Å². The quantitative estimate of drug-likeness (QED) is 0.524. The monoisotopic (exact) mass is 190 g/mol. The molecule has 0 spiro atoms. The molecule has 1 aromatic rings. The summed E-state index contributed by atoms with van der Waals surface area (Å²) in [6.45, 7) is 1.54. The molecule has 2 heteroatoms. The second-order valence-electron chi connectivity index (χ2n) is 3.35. The molecule has 0 radical (unpaired) electrons. The molecule has 1 atom stereocenters. The lowest BCUT2D eigenvalue weighted by molar-refractivity contribution is 0.212. The zero-order valence-electron chi connectivity index (χ0n) is 8.06. The van der Waals surface area contributed by atoms with Crippen LogP contribution in [0.5, 0.6) is 0 Å². The molecular formula is C12H14O2. The third-order valence-electron chi connectivity index (χ3n) is 2.07. The number of hydrogen-bond donors (Lipinski definition) is 0. The lowest BCUT2D eigenvalue weighted by Gasteiger charge is -1.96. The van der Waals surface area contributed by atoms with Crippen molar-refractivity contribution in [3.05, 3.63) is 48.2 Å². The van der Waals surface area contributed by atoms with Crippen molar-refractivity contribution in [3.63, 3.8) is 0 Å². The summed E-state index contributed by atoms with van der Waals surface area (Å²) >= 11 is 0. The van der Waals surface area contributed by atoms with Crippen LogP contribution in [-0.4, -0.2) is 19.3 Å². The van der Waals surface area contributed by atoms with E-state index in [4.69, 9.17) is 9.47 Å². The SMILES string of the molecule is C(=C\OCC1CO1)/Cc1ccccc1. The summed E-state index contributed by atoms with van der Waals surface area (Å²) in [5.41, 5.74) is 1.30. The third-order valence-corrected chi connectivity index (χ3v) is 2.07. The number of benzene rings is 1. The minimum Gasteiger partial charge on any atom is -0.499 e. The molecule has 1 fully saturated rings. The maximum Gasteiger partial charge on any atom is 0.116 e. The summed E-state index contributed by atoms with van der Waals surface area (Å²) < 4.78 is 10.3. The van der Waals surface area contributed by atoms with E-state index in [1.807, 2.05) is 24.3 Å². The highest BCUT2D eigenvalue weighted by Crippen LogP contribution is 2.08. The Balaban J connectivity index is 1.65. The lowest BCUT2D eigenvalue weighted by atomic mass is 10.2. The van der Waals surface area contributed by atoms with Crippen LogP contribution in [0.3, 0.4) is 0 Å². The van der Waals surface area contributed by atoms with Gasteiger partial charge in [-0.25, -0.2) is 0 Å². The number of epoxide rings is 1. The van der Waals surface area contributed by atoms with Crippen molar-refractivity contribution in [2.45, 2.75) is 12.5 Å². The van der Waals surface area contributed by atoms with Crippen molar-refractivity contribution in [3.8, 4) is 0 Å². The molecule has 0 aromatic heterocycles. The Bertz CT molecular complexity index is 288. The lowest BCUT2D eigenvalue weighted by Crippen LogP contribution is -1.95. The second-order valence-corrected chi connectivity index (χ2v) is 3.35. The van der Waals surface area contributed by atoms with E-state index in [2.05, 4.69) is 12.1 Å². The van der Waals surface area contributed by atoms with E-state index >= 15 is 0 Å². The Hall–Kier alpha value is -1.28. The van der Waals surface area contributed by atoms with Gasteiger partial charge in [0.15, 0.2) is 0 Å². The van der Waals surface area contributed by atoms with E-state index < -0.39 is 0 Å². The van der Waals surface area contributed by atoms with Gasteiger partial charge in [-0.1, -0.05) is 30.3 Å². The van der Waals surface area contributed by atoms with Crippen LogP contribution in [0.25, 0.3) is 0 Å². The average molecular weight is 190 g/mol. The predicted octanol–water partition coefficient (Wildman–Crippen LogP) is 2.16. The van der Waals surface area contributed by atoms with Gasteiger partial charge in [-0.15, -0.1) is 0 Å². The maximum atomic E-state index is 5.27. The molecular weight excluding hydrogens is 176 g/mol. The van der Waals surface area contributed by atoms with Crippen LogP contribution in [0, 0.1) is 0 Å². The largest absolute Gasteiger partial charge is 0.499 e. The molecule has 0 aliphatic carbocycles. The molecule has 1 aliphatic rings. The minimum absolute atomic E-state index is 0.344. The average Bonchev–Trinajstić information content (AvgIpc) is 3.03. The first-order valence-corrected chi connectivity index (χ1v) is 4.87. The van der Waals surface area contributed by atoms with Gasteiger partial charge in [0, 0.05) is 0 Å². The Morgan fingerprint density at radius 3 is 2.86 bits per heavy atom. The van der Waals surface area contributed by atoms with Gasteiger partial charge in [0.1, 0.15) is 12.7 Å². The Morgan fingerprint density at radius 1 is 1.36 bits per heavy atom. The Kier molecular flexibility index (Phi) is 3.19. The molecule has 2 nitrogen and oxygen atoms in total. The Morgan fingerprint density at radius 2 is 2.14 bits per heavy atom. The summed E-state index contributed by atoms with van der Waals surface area (Å²) in [6.07, 6.45) is 5.05. The van der Waals surface area contributed by atoms with Crippen molar-refractivity contribution in [2.75, 3.05) is 13.2 Å². The number of ether oxygens (including phenoxy) is 2. The number of allylic oxidation sites excluding steroid dienone is 1. The van der Waals surface area contributed by atoms with Gasteiger partial charge in [0.25, 0.3) is 0 Å². The van der Waals surface area contributed by atoms with Gasteiger partial charge in [0.05, 0.1) is 12.9 Å². The zero-order valence-corrected chi connectivity index (χ0v) is 8.06. The van der Waals surface area contributed by atoms with Gasteiger partial charge in [-0.3, -0.25) is 0 Å². The molecule has 1 heterocycles. The van der Waals surface area contributed by atoms with E-state index in [0.717, 1.165) is 13.0 Å². The highest BCUT2D eigenvalue weighted by Gasteiger charge is 2.22. The van der Waals surface area contributed by atoms with Crippen LogP contribution >= 0.6 is 0 Å². The van der Waals surface area contributed by atoms with Crippen LogP contribution in [0.1, 0.15) is 5.56 Å². The molecule has 2 rings (SSSR count). The summed E-state index contributed by atoms with van der Waals surface area (Å²) in [5, 5.41) is 0. The van der Waals surface area contributed by atoms with Crippen LogP contribution < -0.4 is 0 Å². The van der Waals surface area contributed by atoms with E-state index in [1.54, 1.807) is 6.26 Å². The van der Waals surface area contributed by atoms with Crippen LogP contribution in [0.2, 0.25) is 0 Å². The van der Waals surface area contributed by atoms with E-state index in [-0.39, 0.29) is 0 Å². The fourth-order valence-corrected chi connectivity index (χ4v) is 1.19. The van der Waals surface area contributed by atoms with Crippen LogP contribution in [-0.2, 0) is 15.9 Å². The van der Waals surface area contributed by atoms with Gasteiger partial charge in [-0.05, 0) is 18.1 Å². The summed E-state index contributed by atoms with van der Waals surface area (Å²) in [7, 11) is 0. The summed E-state index contributed by atoms with van der Waals surface area (Å²) in [6, 6.07) is 10.3. The second kappa shape index (κ2) is 4.82. The smallest absolute Gasteiger partial charge is 0.116 e. The molecule has 1 aromatic carbocycles. The van der Waals surface area contributed by atoms with Crippen molar-refractivity contribution in [1.82, 2.24) is 0 Å². The van der Waals surface area contributed by atoms with Gasteiger partial charge < -0.3 is 9.47 Å². The van der Waals surface area contributed by atoms with Gasteiger partial charge in [0.2, 0.25) is 0 Å². The normalized spacial score (nSPS) is 19.9. The first kappa shape index (κ1) is 9.28. The molecule has 0 saturated carbocycles. The minimum atomic E-state index is 0.344. The van der Waals surface area contributed by atoms with Gasteiger partial charge >= 0.3 is 0 Å². The molecule has 0 bridgehead atoms. The Labute approximate surface area is 84.2 Å². The zero-order chi connectivity index (χ0) is 9.64. The molecule has 0 N–H and O–H groups in total. The van der Waals surface area contributed by atoms with Crippen molar-refractivity contribution in [2.24, 2.45) is 0 Å². The standard InChI is InChI=1S/C12H14O2/c1-2-5-11(6-3-1)7-4-8-13-9-12-10-14-12/h1-6,8,12H,7,9-10H2/b8-4+. The number of rotatable bonds is 5. The van der Waals surface area contributed by atoms with E-state index in [0.29, 0.717) is 12.7 Å². The highest BCUT2D eigenvalue weighted by atomic mass is 16.6. The molecule has 1 saturated heterocycles. The molecule has 1 aliphatic heterocycles. The fraction of sp³-hybridized carbons (Fsp3) is 0.333. The van der Waals surface area contributed by atoms with Crippen LogP contribution in [0.15, 0.2) is 42.7 Å².